The highest BCUT2D eigenvalue weighted by Gasteiger charge is 2.21. The van der Waals surface area contributed by atoms with Crippen LogP contribution in [0.5, 0.6) is 0 Å². The molecule has 0 unspecified atom stereocenters. The Labute approximate surface area is 135 Å². The van der Waals surface area contributed by atoms with E-state index < -0.39 is 5.97 Å². The number of terminal acetylenes is 1. The van der Waals surface area contributed by atoms with E-state index in [1.165, 1.54) is 11.0 Å². The Hall–Kier alpha value is -2.03. The Morgan fingerprint density at radius 1 is 1.45 bits per heavy atom. The number of carbonyl (C=O) groups excluding carboxylic acids is 2. The molecule has 0 aromatic heterocycles. The summed E-state index contributed by atoms with van der Waals surface area (Å²) in [5.41, 5.74) is 6.04. The maximum absolute atomic E-state index is 12.5. The Balaban J connectivity index is 2.98. The number of amides is 1. The van der Waals surface area contributed by atoms with Crippen LogP contribution in [0.2, 0.25) is 5.02 Å². The average Bonchev–Trinajstić information content (AvgIpc) is 2.45. The van der Waals surface area contributed by atoms with Crippen LogP contribution in [-0.2, 0) is 9.53 Å². The molecule has 0 heterocycles. The van der Waals surface area contributed by atoms with Crippen molar-refractivity contribution >= 4 is 23.5 Å². The Kier molecular flexibility index (Phi) is 6.90. The normalized spacial score (nSPS) is 10.2. The van der Waals surface area contributed by atoms with Crippen molar-refractivity contribution in [3.63, 3.8) is 0 Å². The predicted molar refractivity (Wildman–Crippen MR) is 85.3 cm³/mol. The highest BCUT2D eigenvalue weighted by molar-refractivity contribution is 6.32. The summed E-state index contributed by atoms with van der Waals surface area (Å²) in [5.74, 6) is 1.75. The van der Waals surface area contributed by atoms with Gasteiger partial charge in [0.15, 0.2) is 0 Å². The lowest BCUT2D eigenvalue weighted by atomic mass is 10.1. The predicted octanol–water partition coefficient (Wildman–Crippen LogP) is 1.88. The lowest BCUT2D eigenvalue weighted by Gasteiger charge is -2.23. The number of hydrogen-bond acceptors (Lipinski definition) is 4. The van der Waals surface area contributed by atoms with Gasteiger partial charge in [-0.1, -0.05) is 31.4 Å². The molecule has 0 spiro atoms. The first kappa shape index (κ1) is 18.0. The van der Waals surface area contributed by atoms with E-state index in [1.807, 2.05) is 13.8 Å². The lowest BCUT2D eigenvalue weighted by Crippen LogP contribution is -2.39. The van der Waals surface area contributed by atoms with Gasteiger partial charge in [0.1, 0.15) is 13.3 Å². The molecule has 0 fully saturated rings. The quantitative estimate of drug-likeness (QED) is 0.493. The van der Waals surface area contributed by atoms with Gasteiger partial charge in [-0.25, -0.2) is 0 Å². The molecular formula is C16H19ClN2O3. The molecule has 0 saturated carbocycles. The zero-order chi connectivity index (χ0) is 16.7. The number of nitrogens with zero attached hydrogens (tertiary/aromatic N) is 1. The van der Waals surface area contributed by atoms with E-state index in [9.17, 15) is 9.59 Å². The molecule has 2 N–H and O–H groups in total. The fourth-order valence-corrected chi connectivity index (χ4v) is 2.14. The minimum absolute atomic E-state index is 0.164. The van der Waals surface area contributed by atoms with Crippen molar-refractivity contribution in [1.29, 1.82) is 0 Å². The van der Waals surface area contributed by atoms with Crippen molar-refractivity contribution in [2.75, 3.05) is 19.8 Å². The molecule has 1 aromatic carbocycles. The molecule has 0 saturated heterocycles. The number of ether oxygens (including phenoxy) is 1. The average molecular weight is 323 g/mol. The summed E-state index contributed by atoms with van der Waals surface area (Å²) >= 11 is 6.02. The van der Waals surface area contributed by atoms with Gasteiger partial charge < -0.3 is 9.64 Å². The van der Waals surface area contributed by atoms with Crippen molar-refractivity contribution in [2.24, 2.45) is 11.7 Å². The van der Waals surface area contributed by atoms with Gasteiger partial charge in [-0.3, -0.25) is 15.3 Å². The van der Waals surface area contributed by atoms with Crippen molar-refractivity contribution in [2.45, 2.75) is 13.8 Å². The second-order valence-corrected chi connectivity index (χ2v) is 5.51. The van der Waals surface area contributed by atoms with Crippen LogP contribution in [0.25, 0.3) is 0 Å². The number of carbonyl (C=O) groups is 2. The third kappa shape index (κ3) is 5.06. The summed E-state index contributed by atoms with van der Waals surface area (Å²) in [6, 6.07) is 4.69. The largest absolute Gasteiger partial charge is 0.449 e. The summed E-state index contributed by atoms with van der Waals surface area (Å²) in [7, 11) is 0. The highest BCUT2D eigenvalue weighted by Crippen LogP contribution is 2.18. The van der Waals surface area contributed by atoms with Gasteiger partial charge in [0, 0.05) is 17.7 Å². The van der Waals surface area contributed by atoms with Crippen LogP contribution < -0.4 is 5.73 Å². The molecule has 0 aliphatic heterocycles. The first-order valence-corrected chi connectivity index (χ1v) is 7.18. The summed E-state index contributed by atoms with van der Waals surface area (Å²) < 4.78 is 4.69. The topological polar surface area (TPSA) is 72.6 Å². The van der Waals surface area contributed by atoms with Gasteiger partial charge >= 0.3 is 5.97 Å². The Morgan fingerprint density at radius 3 is 2.64 bits per heavy atom. The molecule has 118 valence electrons. The van der Waals surface area contributed by atoms with Crippen LogP contribution in [0.15, 0.2) is 18.2 Å². The number of nitrogens with two attached hydrogens (primary N) is 1. The van der Waals surface area contributed by atoms with E-state index in [0.29, 0.717) is 22.7 Å². The summed E-state index contributed by atoms with van der Waals surface area (Å²) in [6.07, 6.45) is 5.30. The molecular weight excluding hydrogens is 304 g/mol. The zero-order valence-corrected chi connectivity index (χ0v) is 13.4. The first-order chi connectivity index (χ1) is 10.4. The maximum atomic E-state index is 12.5. The van der Waals surface area contributed by atoms with Crippen molar-refractivity contribution in [3.05, 3.63) is 34.3 Å². The molecule has 1 aromatic rings. The number of hydrogen-bond donors (Lipinski definition) is 1. The fraction of sp³-hybridized carbons (Fsp3) is 0.375. The van der Waals surface area contributed by atoms with Crippen molar-refractivity contribution in [3.8, 4) is 12.3 Å². The molecule has 0 atom stereocenters. The third-order valence-corrected chi connectivity index (χ3v) is 3.12. The number of benzene rings is 1. The van der Waals surface area contributed by atoms with Gasteiger partial charge in [-0.2, -0.15) is 0 Å². The SMILES string of the molecule is C#Cc1ccc(C(=O)N(CC(=O)OCN)CC(C)C)cc1Cl. The van der Waals surface area contributed by atoms with Gasteiger partial charge in [0.25, 0.3) is 5.91 Å². The van der Waals surface area contributed by atoms with Crippen LogP contribution in [0.3, 0.4) is 0 Å². The van der Waals surface area contributed by atoms with E-state index in [2.05, 4.69) is 5.92 Å². The standard InChI is InChI=1S/C16H19ClN2O3/c1-4-12-5-6-13(7-14(12)17)16(21)19(8-11(2)3)9-15(20)22-10-18/h1,5-7,11H,8-10,18H2,2-3H3. The zero-order valence-electron chi connectivity index (χ0n) is 12.6. The highest BCUT2D eigenvalue weighted by atomic mass is 35.5. The van der Waals surface area contributed by atoms with Crippen molar-refractivity contribution in [1.82, 2.24) is 4.90 Å². The second kappa shape index (κ2) is 8.42. The van der Waals surface area contributed by atoms with Gasteiger partial charge in [-0.05, 0) is 24.1 Å². The van der Waals surface area contributed by atoms with Gasteiger partial charge in [0.05, 0.1) is 5.02 Å². The van der Waals surface area contributed by atoms with E-state index >= 15 is 0 Å². The summed E-state index contributed by atoms with van der Waals surface area (Å²) in [5, 5.41) is 0.322. The number of rotatable bonds is 6. The molecule has 5 nitrogen and oxygen atoms in total. The van der Waals surface area contributed by atoms with Crippen LogP contribution in [0.1, 0.15) is 29.8 Å². The Bertz CT molecular complexity index is 594. The fourth-order valence-electron chi connectivity index (χ4n) is 1.90. The monoisotopic (exact) mass is 322 g/mol. The molecule has 0 bridgehead atoms. The minimum Gasteiger partial charge on any atom is -0.449 e. The van der Waals surface area contributed by atoms with E-state index in [0.717, 1.165) is 0 Å². The number of esters is 1. The van der Waals surface area contributed by atoms with Crippen molar-refractivity contribution < 1.29 is 14.3 Å². The second-order valence-electron chi connectivity index (χ2n) is 5.10. The lowest BCUT2D eigenvalue weighted by molar-refractivity contribution is -0.144. The van der Waals surface area contributed by atoms with E-state index in [-0.39, 0.29) is 25.1 Å². The molecule has 1 rings (SSSR count). The molecule has 22 heavy (non-hydrogen) atoms. The minimum atomic E-state index is -0.553. The molecule has 0 aliphatic rings. The molecule has 1 amide bonds. The first-order valence-electron chi connectivity index (χ1n) is 6.80. The maximum Gasteiger partial charge on any atom is 0.326 e. The van der Waals surface area contributed by atoms with E-state index in [4.69, 9.17) is 28.5 Å². The van der Waals surface area contributed by atoms with Gasteiger partial charge in [0.2, 0.25) is 0 Å². The van der Waals surface area contributed by atoms with Crippen LogP contribution >= 0.6 is 11.6 Å². The Morgan fingerprint density at radius 2 is 2.14 bits per heavy atom. The third-order valence-electron chi connectivity index (χ3n) is 2.81. The molecule has 0 radical (unpaired) electrons. The molecule has 6 heteroatoms. The number of halogens is 1. The van der Waals surface area contributed by atoms with Crippen LogP contribution in [0, 0.1) is 18.3 Å². The van der Waals surface area contributed by atoms with Gasteiger partial charge in [-0.15, -0.1) is 6.42 Å². The molecule has 0 aliphatic carbocycles. The summed E-state index contributed by atoms with van der Waals surface area (Å²) in [4.78, 5) is 25.5. The smallest absolute Gasteiger partial charge is 0.326 e. The van der Waals surface area contributed by atoms with Crippen LogP contribution in [0.4, 0.5) is 0 Å². The van der Waals surface area contributed by atoms with E-state index in [1.54, 1.807) is 12.1 Å². The van der Waals surface area contributed by atoms with Crippen LogP contribution in [-0.4, -0.2) is 36.6 Å². The summed E-state index contributed by atoms with van der Waals surface area (Å²) in [6.45, 7) is 3.92.